The molecule has 1 aliphatic carbocycles. The van der Waals surface area contributed by atoms with Gasteiger partial charge >= 0.3 is 0 Å². The number of benzene rings is 1. The van der Waals surface area contributed by atoms with Gasteiger partial charge in [0.05, 0.1) is 15.4 Å². The summed E-state index contributed by atoms with van der Waals surface area (Å²) >= 11 is 5.46. The van der Waals surface area contributed by atoms with Gasteiger partial charge in [-0.2, -0.15) is 5.26 Å². The summed E-state index contributed by atoms with van der Waals surface area (Å²) in [6.45, 7) is 0. The lowest BCUT2D eigenvalue weighted by molar-refractivity contribution is 0.729. The molecule has 0 amide bonds. The molecule has 3 rings (SSSR count). The first-order chi connectivity index (χ1) is 8.29. The summed E-state index contributed by atoms with van der Waals surface area (Å²) in [5, 5.41) is 10.3. The summed E-state index contributed by atoms with van der Waals surface area (Å²) in [4.78, 5) is 0. The van der Waals surface area contributed by atoms with E-state index >= 15 is 0 Å². The van der Waals surface area contributed by atoms with Gasteiger partial charge in [-0.25, -0.2) is 0 Å². The minimum absolute atomic E-state index is 0.714. The number of halogens is 1. The molecule has 0 N–H and O–H groups in total. The molecule has 0 aliphatic heterocycles. The Labute approximate surface area is 113 Å². The topological polar surface area (TPSA) is 23.8 Å². The molecule has 0 atom stereocenters. The first kappa shape index (κ1) is 11.3. The molecule has 1 aromatic heterocycles. The Kier molecular flexibility index (Phi) is 2.94. The third-order valence-corrected chi connectivity index (χ3v) is 5.45. The van der Waals surface area contributed by atoms with Crippen LogP contribution in [0.4, 0.5) is 0 Å². The van der Waals surface area contributed by atoms with E-state index in [-0.39, 0.29) is 0 Å². The highest BCUT2D eigenvalue weighted by Crippen LogP contribution is 2.45. The highest BCUT2D eigenvalue weighted by atomic mass is 79.9. The lowest BCUT2D eigenvalue weighted by Crippen LogP contribution is -1.91. The van der Waals surface area contributed by atoms with Crippen molar-refractivity contribution in [1.29, 1.82) is 5.26 Å². The van der Waals surface area contributed by atoms with Crippen molar-refractivity contribution in [3.8, 4) is 6.07 Å². The Balaban J connectivity index is 2.18. The van der Waals surface area contributed by atoms with E-state index in [4.69, 9.17) is 5.26 Å². The molecule has 1 nitrogen and oxygen atoms in total. The zero-order chi connectivity index (χ0) is 11.8. The van der Waals surface area contributed by atoms with Crippen LogP contribution in [0.5, 0.6) is 0 Å². The predicted octanol–water partition coefficient (Wildman–Crippen LogP) is 5.19. The number of hydrogen-bond donors (Lipinski definition) is 0. The number of thiophene rings is 1. The molecule has 1 fully saturated rings. The second-order valence-corrected chi connectivity index (χ2v) is 6.96. The van der Waals surface area contributed by atoms with Crippen LogP contribution in [-0.2, 0) is 0 Å². The van der Waals surface area contributed by atoms with Crippen molar-refractivity contribution in [3.63, 3.8) is 0 Å². The Bertz CT molecular complexity index is 602. The van der Waals surface area contributed by atoms with Gasteiger partial charge < -0.3 is 0 Å². The smallest absolute Gasteiger partial charge is 0.0992 e. The van der Waals surface area contributed by atoms with E-state index in [9.17, 15) is 0 Å². The Morgan fingerprint density at radius 2 is 2.06 bits per heavy atom. The molecule has 3 heteroatoms. The van der Waals surface area contributed by atoms with Crippen LogP contribution in [0.2, 0.25) is 0 Å². The zero-order valence-electron chi connectivity index (χ0n) is 9.37. The van der Waals surface area contributed by atoms with E-state index in [1.807, 2.05) is 12.1 Å². The van der Waals surface area contributed by atoms with Crippen LogP contribution in [0.15, 0.2) is 22.0 Å². The standard InChI is InChI=1S/C14H12BrNS/c15-14-13(10-3-1-2-4-10)11-6-5-9(8-16)7-12(11)17-14/h5-7,10H,1-4H2. The van der Waals surface area contributed by atoms with Gasteiger partial charge in [-0.3, -0.25) is 0 Å². The summed E-state index contributed by atoms with van der Waals surface area (Å²) in [6.07, 6.45) is 5.32. The third kappa shape index (κ3) is 1.90. The fourth-order valence-corrected chi connectivity index (χ4v) is 4.87. The van der Waals surface area contributed by atoms with Crippen LogP contribution in [0.25, 0.3) is 10.1 Å². The van der Waals surface area contributed by atoms with Crippen LogP contribution < -0.4 is 0 Å². The van der Waals surface area contributed by atoms with Crippen molar-refractivity contribution in [2.24, 2.45) is 0 Å². The molecule has 0 saturated heterocycles. The Morgan fingerprint density at radius 1 is 1.29 bits per heavy atom. The number of rotatable bonds is 1. The van der Waals surface area contributed by atoms with Crippen molar-refractivity contribution in [3.05, 3.63) is 33.1 Å². The van der Waals surface area contributed by atoms with Gasteiger partial charge in [0.1, 0.15) is 0 Å². The highest BCUT2D eigenvalue weighted by molar-refractivity contribution is 9.11. The largest absolute Gasteiger partial charge is 0.192 e. The van der Waals surface area contributed by atoms with Crippen molar-refractivity contribution in [2.45, 2.75) is 31.6 Å². The quantitative estimate of drug-likeness (QED) is 0.711. The van der Waals surface area contributed by atoms with Crippen LogP contribution in [0.3, 0.4) is 0 Å². The second-order valence-electron chi connectivity index (χ2n) is 4.59. The molecule has 17 heavy (non-hydrogen) atoms. The molecule has 0 radical (unpaired) electrons. The molecule has 0 unspecified atom stereocenters. The molecule has 86 valence electrons. The van der Waals surface area contributed by atoms with Crippen molar-refractivity contribution in [1.82, 2.24) is 0 Å². The average Bonchev–Trinajstić information content (AvgIpc) is 2.93. The van der Waals surface area contributed by atoms with E-state index in [1.54, 1.807) is 11.3 Å². The van der Waals surface area contributed by atoms with E-state index in [2.05, 4.69) is 28.1 Å². The Morgan fingerprint density at radius 3 is 2.76 bits per heavy atom. The van der Waals surface area contributed by atoms with E-state index in [1.165, 1.54) is 45.1 Å². The maximum Gasteiger partial charge on any atom is 0.0992 e. The zero-order valence-corrected chi connectivity index (χ0v) is 11.8. The number of hydrogen-bond acceptors (Lipinski definition) is 2. The van der Waals surface area contributed by atoms with E-state index in [0.717, 1.165) is 5.56 Å². The van der Waals surface area contributed by atoms with Gasteiger partial charge in [0, 0.05) is 4.70 Å². The minimum Gasteiger partial charge on any atom is -0.192 e. The lowest BCUT2D eigenvalue weighted by Gasteiger charge is -2.08. The van der Waals surface area contributed by atoms with Crippen molar-refractivity contribution in [2.75, 3.05) is 0 Å². The van der Waals surface area contributed by atoms with Gasteiger partial charge in [-0.15, -0.1) is 11.3 Å². The summed E-state index contributed by atoms with van der Waals surface area (Å²) in [7, 11) is 0. The van der Waals surface area contributed by atoms with E-state index in [0.29, 0.717) is 5.92 Å². The Hall–Kier alpha value is -0.850. The third-order valence-electron chi connectivity index (χ3n) is 3.58. The van der Waals surface area contributed by atoms with Crippen LogP contribution in [0.1, 0.15) is 42.7 Å². The number of fused-ring (bicyclic) bond motifs is 1. The molecule has 2 aromatic rings. The van der Waals surface area contributed by atoms with Crippen molar-refractivity contribution >= 4 is 37.4 Å². The number of nitrogens with zero attached hydrogens (tertiary/aromatic N) is 1. The highest BCUT2D eigenvalue weighted by Gasteiger charge is 2.23. The summed E-state index contributed by atoms with van der Waals surface area (Å²) in [6, 6.07) is 8.26. The molecule has 1 aliphatic rings. The fourth-order valence-electron chi connectivity index (χ4n) is 2.75. The first-order valence-corrected chi connectivity index (χ1v) is 7.52. The van der Waals surface area contributed by atoms with Gasteiger partial charge in [0.25, 0.3) is 0 Å². The van der Waals surface area contributed by atoms with Crippen LogP contribution >= 0.6 is 27.3 Å². The maximum absolute atomic E-state index is 8.93. The summed E-state index contributed by atoms with van der Waals surface area (Å²) in [5.41, 5.74) is 2.23. The number of nitriles is 1. The average molecular weight is 306 g/mol. The maximum atomic E-state index is 8.93. The molecule has 1 aromatic carbocycles. The van der Waals surface area contributed by atoms with Crippen LogP contribution in [0, 0.1) is 11.3 Å². The van der Waals surface area contributed by atoms with Crippen molar-refractivity contribution < 1.29 is 0 Å². The van der Waals surface area contributed by atoms with Gasteiger partial charge in [0.2, 0.25) is 0 Å². The lowest BCUT2D eigenvalue weighted by atomic mass is 9.97. The second kappa shape index (κ2) is 4.44. The molecule has 1 heterocycles. The fraction of sp³-hybridized carbons (Fsp3) is 0.357. The monoisotopic (exact) mass is 305 g/mol. The van der Waals surface area contributed by atoms with Gasteiger partial charge in [-0.05, 0) is 57.8 Å². The summed E-state index contributed by atoms with van der Waals surface area (Å²) in [5.74, 6) is 0.714. The molecular formula is C14H12BrNS. The first-order valence-electron chi connectivity index (χ1n) is 5.91. The minimum atomic E-state index is 0.714. The molecule has 0 bridgehead atoms. The molecule has 1 saturated carbocycles. The summed E-state index contributed by atoms with van der Waals surface area (Å²) < 4.78 is 2.49. The molecule has 0 spiro atoms. The predicted molar refractivity (Wildman–Crippen MR) is 75.4 cm³/mol. The normalized spacial score (nSPS) is 16.5. The SMILES string of the molecule is N#Cc1ccc2c(C3CCCC3)c(Br)sc2c1. The van der Waals surface area contributed by atoms with Crippen LogP contribution in [-0.4, -0.2) is 0 Å². The molecular weight excluding hydrogens is 294 g/mol. The van der Waals surface area contributed by atoms with E-state index < -0.39 is 0 Å². The van der Waals surface area contributed by atoms with Gasteiger partial charge in [-0.1, -0.05) is 18.9 Å². The van der Waals surface area contributed by atoms with Gasteiger partial charge in [0.15, 0.2) is 0 Å².